The van der Waals surface area contributed by atoms with Crippen LogP contribution in [0.15, 0.2) is 27.8 Å². The summed E-state index contributed by atoms with van der Waals surface area (Å²) in [6, 6.07) is 3.96. The Balaban J connectivity index is 0.00000261. The molecule has 0 saturated carbocycles. The van der Waals surface area contributed by atoms with E-state index < -0.39 is 0 Å². The van der Waals surface area contributed by atoms with Gasteiger partial charge in [-0.2, -0.15) is 0 Å². The third kappa shape index (κ3) is 7.62. The molecule has 27 heavy (non-hydrogen) atoms. The second kappa shape index (κ2) is 11.9. The van der Waals surface area contributed by atoms with Gasteiger partial charge in [0.15, 0.2) is 5.96 Å². The zero-order valence-corrected chi connectivity index (χ0v) is 19.1. The van der Waals surface area contributed by atoms with Crippen molar-refractivity contribution < 1.29 is 9.15 Å². The summed E-state index contributed by atoms with van der Waals surface area (Å²) in [6.45, 7) is 12.5. The first-order chi connectivity index (χ1) is 12.7. The van der Waals surface area contributed by atoms with Gasteiger partial charge in [0.25, 0.3) is 0 Å². The molecule has 1 unspecified atom stereocenters. The monoisotopic (exact) mass is 490 g/mol. The van der Waals surface area contributed by atoms with Crippen LogP contribution in [0.2, 0.25) is 0 Å². The van der Waals surface area contributed by atoms with Crippen molar-refractivity contribution in [3.8, 4) is 0 Å². The highest BCUT2D eigenvalue weighted by Crippen LogP contribution is 2.12. The third-order valence-electron chi connectivity index (χ3n) is 5.00. The number of guanidine groups is 1. The number of ether oxygens (including phenoxy) is 1. The molecule has 7 heteroatoms. The number of rotatable bonds is 7. The lowest BCUT2D eigenvalue weighted by atomic mass is 10.2. The number of hydrogen-bond acceptors (Lipinski definition) is 4. The predicted molar refractivity (Wildman–Crippen MR) is 120 cm³/mol. The van der Waals surface area contributed by atoms with Crippen molar-refractivity contribution in [1.82, 2.24) is 15.1 Å². The van der Waals surface area contributed by atoms with Crippen molar-refractivity contribution in [1.29, 1.82) is 0 Å². The second-order valence-corrected chi connectivity index (χ2v) is 7.74. The standard InChI is InChI=1S/C20H34N4O2.HI/c1-17(2)16-23-9-11-24(12-10-23)20(22-15-19-6-4-14-26-19)21-8-7-18-5-3-13-25-18;/h3,5,13,17,19H,4,6-12,14-16H2,1-2H3,(H,21,22);1H. The van der Waals surface area contributed by atoms with Crippen LogP contribution in [0, 0.1) is 5.92 Å². The smallest absolute Gasteiger partial charge is 0.194 e. The van der Waals surface area contributed by atoms with Gasteiger partial charge >= 0.3 is 0 Å². The van der Waals surface area contributed by atoms with Gasteiger partial charge in [-0.05, 0) is 30.9 Å². The average molecular weight is 490 g/mol. The van der Waals surface area contributed by atoms with Crippen LogP contribution in [-0.2, 0) is 11.2 Å². The molecule has 154 valence electrons. The van der Waals surface area contributed by atoms with Crippen LogP contribution in [0.25, 0.3) is 0 Å². The summed E-state index contributed by atoms with van der Waals surface area (Å²) in [4.78, 5) is 9.85. The van der Waals surface area contributed by atoms with Crippen molar-refractivity contribution in [3.63, 3.8) is 0 Å². The van der Waals surface area contributed by atoms with E-state index in [1.807, 2.05) is 12.1 Å². The molecule has 1 aromatic rings. The van der Waals surface area contributed by atoms with Gasteiger partial charge in [0.2, 0.25) is 0 Å². The SMILES string of the molecule is CC(C)CN1CCN(C(=NCC2CCCO2)NCCc2ccco2)CC1.I. The molecule has 0 spiro atoms. The van der Waals surface area contributed by atoms with E-state index in [1.54, 1.807) is 6.26 Å². The molecule has 3 rings (SSSR count). The van der Waals surface area contributed by atoms with Gasteiger partial charge in [-0.25, -0.2) is 0 Å². The van der Waals surface area contributed by atoms with Gasteiger partial charge in [0, 0.05) is 52.3 Å². The van der Waals surface area contributed by atoms with Crippen molar-refractivity contribution in [3.05, 3.63) is 24.2 Å². The van der Waals surface area contributed by atoms with Crippen molar-refractivity contribution in [2.45, 2.75) is 39.2 Å². The van der Waals surface area contributed by atoms with Crippen LogP contribution in [0.1, 0.15) is 32.4 Å². The zero-order chi connectivity index (χ0) is 18.2. The molecule has 2 fully saturated rings. The number of furan rings is 1. The molecule has 3 heterocycles. The molecule has 0 radical (unpaired) electrons. The Kier molecular flexibility index (Phi) is 9.92. The Labute approximate surface area is 180 Å². The fraction of sp³-hybridized carbons (Fsp3) is 0.750. The summed E-state index contributed by atoms with van der Waals surface area (Å²) in [6.07, 6.45) is 5.19. The predicted octanol–water partition coefficient (Wildman–Crippen LogP) is 2.84. The van der Waals surface area contributed by atoms with Gasteiger partial charge < -0.3 is 19.4 Å². The van der Waals surface area contributed by atoms with E-state index in [4.69, 9.17) is 14.1 Å². The first-order valence-corrected chi connectivity index (χ1v) is 10.1. The molecule has 0 aliphatic carbocycles. The summed E-state index contributed by atoms with van der Waals surface area (Å²) in [5, 5.41) is 3.55. The van der Waals surface area contributed by atoms with Crippen molar-refractivity contribution in [2.75, 3.05) is 52.4 Å². The molecule has 2 aliphatic heterocycles. The number of nitrogens with one attached hydrogen (secondary N) is 1. The Hall–Kier alpha value is -0.800. The minimum atomic E-state index is 0. The number of piperazine rings is 1. The van der Waals surface area contributed by atoms with E-state index in [1.165, 1.54) is 6.54 Å². The van der Waals surface area contributed by atoms with E-state index in [0.717, 1.165) is 82.8 Å². The topological polar surface area (TPSA) is 53.2 Å². The van der Waals surface area contributed by atoms with E-state index >= 15 is 0 Å². The molecule has 0 amide bonds. The lowest BCUT2D eigenvalue weighted by Gasteiger charge is -2.37. The fourth-order valence-corrected chi connectivity index (χ4v) is 3.66. The molecule has 1 N–H and O–H groups in total. The minimum Gasteiger partial charge on any atom is -0.469 e. The lowest BCUT2D eigenvalue weighted by molar-refractivity contribution is 0.117. The highest BCUT2D eigenvalue weighted by Gasteiger charge is 2.21. The molecule has 1 atom stereocenters. The maximum absolute atomic E-state index is 5.74. The van der Waals surface area contributed by atoms with Gasteiger partial charge in [-0.1, -0.05) is 13.8 Å². The first kappa shape index (κ1) is 22.5. The second-order valence-electron chi connectivity index (χ2n) is 7.74. The summed E-state index contributed by atoms with van der Waals surface area (Å²) >= 11 is 0. The first-order valence-electron chi connectivity index (χ1n) is 10.1. The van der Waals surface area contributed by atoms with E-state index in [2.05, 4.69) is 29.0 Å². The van der Waals surface area contributed by atoms with Crippen LogP contribution in [-0.4, -0.2) is 74.3 Å². The number of hydrogen-bond donors (Lipinski definition) is 1. The zero-order valence-electron chi connectivity index (χ0n) is 16.7. The van der Waals surface area contributed by atoms with Crippen LogP contribution in [0.4, 0.5) is 0 Å². The Morgan fingerprint density at radius 3 is 2.74 bits per heavy atom. The van der Waals surface area contributed by atoms with Crippen molar-refractivity contribution in [2.24, 2.45) is 10.9 Å². The van der Waals surface area contributed by atoms with Crippen molar-refractivity contribution >= 4 is 29.9 Å². The Bertz CT molecular complexity index is 536. The summed E-state index contributed by atoms with van der Waals surface area (Å²) in [5.74, 6) is 2.76. The average Bonchev–Trinajstić information content (AvgIpc) is 3.32. The van der Waals surface area contributed by atoms with Gasteiger partial charge in [0.1, 0.15) is 5.76 Å². The lowest BCUT2D eigenvalue weighted by Crippen LogP contribution is -2.53. The van der Waals surface area contributed by atoms with E-state index in [0.29, 0.717) is 6.10 Å². The molecule has 1 aromatic heterocycles. The molecule has 2 saturated heterocycles. The van der Waals surface area contributed by atoms with Crippen LogP contribution in [0.3, 0.4) is 0 Å². The third-order valence-corrected chi connectivity index (χ3v) is 5.00. The maximum atomic E-state index is 5.74. The normalized spacial score (nSPS) is 21.5. The largest absolute Gasteiger partial charge is 0.469 e. The van der Waals surface area contributed by atoms with Crippen LogP contribution in [0.5, 0.6) is 0 Å². The highest BCUT2D eigenvalue weighted by molar-refractivity contribution is 14.0. The maximum Gasteiger partial charge on any atom is 0.194 e. The summed E-state index contributed by atoms with van der Waals surface area (Å²) in [5.41, 5.74) is 0. The van der Waals surface area contributed by atoms with Gasteiger partial charge in [-0.3, -0.25) is 9.89 Å². The molecule has 2 aliphatic rings. The Morgan fingerprint density at radius 2 is 2.11 bits per heavy atom. The number of aliphatic imine (C=N–C) groups is 1. The number of nitrogens with zero attached hydrogens (tertiary/aromatic N) is 3. The molecule has 6 nitrogen and oxygen atoms in total. The molecular weight excluding hydrogens is 455 g/mol. The summed E-state index contributed by atoms with van der Waals surface area (Å²) in [7, 11) is 0. The molecule has 0 bridgehead atoms. The minimum absolute atomic E-state index is 0. The highest BCUT2D eigenvalue weighted by atomic mass is 127. The molecule has 0 aromatic carbocycles. The fourth-order valence-electron chi connectivity index (χ4n) is 3.66. The molecular formula is C20H35IN4O2. The summed E-state index contributed by atoms with van der Waals surface area (Å²) < 4.78 is 11.2. The van der Waals surface area contributed by atoms with E-state index in [9.17, 15) is 0 Å². The Morgan fingerprint density at radius 1 is 1.30 bits per heavy atom. The van der Waals surface area contributed by atoms with Crippen LogP contribution < -0.4 is 5.32 Å². The quantitative estimate of drug-likeness (QED) is 0.362. The van der Waals surface area contributed by atoms with Gasteiger partial charge in [0.05, 0.1) is 18.9 Å². The van der Waals surface area contributed by atoms with Crippen LogP contribution >= 0.6 is 24.0 Å². The van der Waals surface area contributed by atoms with E-state index in [-0.39, 0.29) is 24.0 Å². The van der Waals surface area contributed by atoms with Gasteiger partial charge in [-0.15, -0.1) is 24.0 Å². The number of halogens is 1.